The van der Waals surface area contributed by atoms with Gasteiger partial charge in [0.25, 0.3) is 0 Å². The minimum atomic E-state index is -3.78. The lowest BCUT2D eigenvalue weighted by atomic mass is 10.3. The van der Waals surface area contributed by atoms with Crippen LogP contribution in [0.1, 0.15) is 6.92 Å². The normalized spacial score (nSPS) is 16.2. The summed E-state index contributed by atoms with van der Waals surface area (Å²) in [5, 5.41) is 7.46. The van der Waals surface area contributed by atoms with Gasteiger partial charge in [-0.25, -0.2) is 13.6 Å². The van der Waals surface area contributed by atoms with E-state index in [0.29, 0.717) is 18.8 Å². The van der Waals surface area contributed by atoms with Gasteiger partial charge in [0.05, 0.1) is 4.90 Å². The molecule has 8 nitrogen and oxygen atoms in total. The van der Waals surface area contributed by atoms with Gasteiger partial charge in [-0.3, -0.25) is 9.59 Å². The number of primary sulfonamides is 1. The number of hydrogen-bond donors (Lipinski definition) is 2. The summed E-state index contributed by atoms with van der Waals surface area (Å²) in [6, 6.07) is 5.32. The van der Waals surface area contributed by atoms with Gasteiger partial charge >= 0.3 is 11.8 Å². The number of benzene rings is 1. The van der Waals surface area contributed by atoms with Crippen LogP contribution in [0.3, 0.4) is 0 Å². The Balaban J connectivity index is 1.95. The van der Waals surface area contributed by atoms with Crippen LogP contribution in [-0.4, -0.2) is 62.8 Å². The molecule has 1 aliphatic heterocycles. The highest BCUT2D eigenvalue weighted by Crippen LogP contribution is 2.13. The Morgan fingerprint density at radius 3 is 2.17 bits per heavy atom. The lowest BCUT2D eigenvalue weighted by molar-refractivity contribution is -0.144. The molecule has 0 unspecified atom stereocenters. The van der Waals surface area contributed by atoms with Gasteiger partial charge in [-0.05, 0) is 30.8 Å². The Bertz CT molecular complexity index is 679. The Morgan fingerprint density at radius 2 is 1.70 bits per heavy atom. The maximum atomic E-state index is 12.1. The van der Waals surface area contributed by atoms with Gasteiger partial charge in [0.15, 0.2) is 0 Å². The number of piperazine rings is 1. The summed E-state index contributed by atoms with van der Waals surface area (Å²) < 4.78 is 22.3. The first-order valence-corrected chi connectivity index (χ1v) is 8.81. The van der Waals surface area contributed by atoms with Gasteiger partial charge < -0.3 is 15.1 Å². The number of nitrogens with two attached hydrogens (primary N) is 1. The Hall–Kier alpha value is -1.97. The van der Waals surface area contributed by atoms with Crippen molar-refractivity contribution in [2.75, 3.05) is 38.0 Å². The summed E-state index contributed by atoms with van der Waals surface area (Å²) in [5.41, 5.74) is 0.336. The van der Waals surface area contributed by atoms with Crippen molar-refractivity contribution in [2.24, 2.45) is 5.14 Å². The zero-order valence-corrected chi connectivity index (χ0v) is 13.7. The molecular formula is C14H20N4O4S. The second kappa shape index (κ2) is 7.07. The topological polar surface area (TPSA) is 113 Å². The molecule has 3 N–H and O–H groups in total. The minimum absolute atomic E-state index is 0.0579. The third kappa shape index (κ3) is 4.50. The first kappa shape index (κ1) is 17.4. The highest BCUT2D eigenvalue weighted by Gasteiger charge is 2.25. The van der Waals surface area contributed by atoms with Gasteiger partial charge in [0, 0.05) is 31.9 Å². The van der Waals surface area contributed by atoms with Gasteiger partial charge in [-0.2, -0.15) is 0 Å². The maximum Gasteiger partial charge on any atom is 0.313 e. The molecule has 0 spiro atoms. The summed E-state index contributed by atoms with van der Waals surface area (Å²) in [5.74, 6) is -1.32. The molecule has 2 rings (SSSR count). The molecular weight excluding hydrogens is 320 g/mol. The molecule has 0 saturated carbocycles. The van der Waals surface area contributed by atoms with E-state index in [2.05, 4.69) is 17.1 Å². The molecule has 23 heavy (non-hydrogen) atoms. The zero-order valence-electron chi connectivity index (χ0n) is 12.9. The van der Waals surface area contributed by atoms with Gasteiger partial charge in [-0.1, -0.05) is 6.92 Å². The molecule has 0 bridgehead atoms. The number of carbonyl (C=O) groups excluding carboxylic acids is 2. The van der Waals surface area contributed by atoms with Crippen LogP contribution in [-0.2, 0) is 19.6 Å². The van der Waals surface area contributed by atoms with Crippen LogP contribution in [0.5, 0.6) is 0 Å². The summed E-state index contributed by atoms with van der Waals surface area (Å²) in [6.07, 6.45) is 0. The van der Waals surface area contributed by atoms with E-state index >= 15 is 0 Å². The molecule has 1 aliphatic rings. The van der Waals surface area contributed by atoms with Crippen LogP contribution >= 0.6 is 0 Å². The number of rotatable bonds is 3. The van der Waals surface area contributed by atoms with Crippen molar-refractivity contribution in [1.29, 1.82) is 0 Å². The third-order valence-corrected chi connectivity index (χ3v) is 4.67. The summed E-state index contributed by atoms with van der Waals surface area (Å²) in [6.45, 7) is 5.51. The van der Waals surface area contributed by atoms with Crippen molar-refractivity contribution in [2.45, 2.75) is 11.8 Å². The summed E-state index contributed by atoms with van der Waals surface area (Å²) in [4.78, 5) is 27.7. The molecule has 126 valence electrons. The maximum absolute atomic E-state index is 12.1. The van der Waals surface area contributed by atoms with E-state index in [1.54, 1.807) is 0 Å². The van der Waals surface area contributed by atoms with Gasteiger partial charge in [0.1, 0.15) is 0 Å². The summed E-state index contributed by atoms with van der Waals surface area (Å²) >= 11 is 0. The number of carbonyl (C=O) groups is 2. The van der Waals surface area contributed by atoms with Crippen molar-refractivity contribution in [3.8, 4) is 0 Å². The van der Waals surface area contributed by atoms with E-state index in [0.717, 1.165) is 19.6 Å². The molecule has 9 heteroatoms. The van der Waals surface area contributed by atoms with Crippen molar-refractivity contribution in [1.82, 2.24) is 9.80 Å². The largest absolute Gasteiger partial charge is 0.332 e. The van der Waals surface area contributed by atoms with Gasteiger partial charge in [0.2, 0.25) is 10.0 Å². The molecule has 0 aromatic heterocycles. The predicted molar refractivity (Wildman–Crippen MR) is 85.1 cm³/mol. The van der Waals surface area contributed by atoms with E-state index < -0.39 is 21.8 Å². The Kier molecular flexibility index (Phi) is 5.34. The number of anilines is 1. The quantitative estimate of drug-likeness (QED) is 0.716. The SMILES string of the molecule is CCN1CCN(C(=O)C(=O)Nc2ccc(S(N)(=O)=O)cc2)CC1. The van der Waals surface area contributed by atoms with Crippen molar-refractivity contribution in [3.05, 3.63) is 24.3 Å². The molecule has 1 aromatic rings. The number of hydrogen-bond acceptors (Lipinski definition) is 5. The number of amides is 2. The lowest BCUT2D eigenvalue weighted by Crippen LogP contribution is -2.51. The molecule has 1 saturated heterocycles. The number of nitrogens with zero attached hydrogens (tertiary/aromatic N) is 2. The highest BCUT2D eigenvalue weighted by molar-refractivity contribution is 7.89. The Labute approximate surface area is 135 Å². The fourth-order valence-electron chi connectivity index (χ4n) is 2.32. The van der Waals surface area contributed by atoms with E-state index in [4.69, 9.17) is 5.14 Å². The van der Waals surface area contributed by atoms with E-state index in [1.807, 2.05) is 0 Å². The van der Waals surface area contributed by atoms with E-state index in [9.17, 15) is 18.0 Å². The molecule has 1 heterocycles. The van der Waals surface area contributed by atoms with Gasteiger partial charge in [-0.15, -0.1) is 0 Å². The number of nitrogens with one attached hydrogen (secondary N) is 1. The first-order valence-electron chi connectivity index (χ1n) is 7.26. The Morgan fingerprint density at radius 1 is 1.13 bits per heavy atom. The lowest BCUT2D eigenvalue weighted by Gasteiger charge is -2.33. The second-order valence-corrected chi connectivity index (χ2v) is 6.81. The van der Waals surface area contributed by atoms with Crippen LogP contribution < -0.4 is 10.5 Å². The molecule has 2 amide bonds. The highest BCUT2D eigenvalue weighted by atomic mass is 32.2. The fourth-order valence-corrected chi connectivity index (χ4v) is 2.84. The monoisotopic (exact) mass is 340 g/mol. The molecule has 0 radical (unpaired) electrons. The second-order valence-electron chi connectivity index (χ2n) is 5.25. The van der Waals surface area contributed by atoms with Crippen LogP contribution in [0.15, 0.2) is 29.2 Å². The van der Waals surface area contributed by atoms with Crippen LogP contribution in [0.25, 0.3) is 0 Å². The zero-order chi connectivity index (χ0) is 17.0. The first-order chi connectivity index (χ1) is 10.8. The molecule has 0 aliphatic carbocycles. The van der Waals surface area contributed by atoms with Crippen molar-refractivity contribution in [3.63, 3.8) is 0 Å². The average Bonchev–Trinajstić information content (AvgIpc) is 2.54. The molecule has 0 atom stereocenters. The standard InChI is InChI=1S/C14H20N4O4S/c1-2-17-7-9-18(10-8-17)14(20)13(19)16-11-3-5-12(6-4-11)23(15,21)22/h3-6H,2,7-10H2,1H3,(H,16,19)(H2,15,21,22). The fraction of sp³-hybridized carbons (Fsp3) is 0.429. The molecule has 1 aromatic carbocycles. The van der Waals surface area contributed by atoms with E-state index in [1.165, 1.54) is 29.2 Å². The van der Waals surface area contributed by atoms with E-state index in [-0.39, 0.29) is 4.90 Å². The van der Waals surface area contributed by atoms with Crippen LogP contribution in [0.2, 0.25) is 0 Å². The van der Waals surface area contributed by atoms with Crippen molar-refractivity contribution < 1.29 is 18.0 Å². The molecule has 1 fully saturated rings. The number of likely N-dealkylation sites (N-methyl/N-ethyl adjacent to an activating group) is 1. The van der Waals surface area contributed by atoms with Crippen LogP contribution in [0.4, 0.5) is 5.69 Å². The van der Waals surface area contributed by atoms with Crippen molar-refractivity contribution >= 4 is 27.5 Å². The van der Waals surface area contributed by atoms with Crippen LogP contribution in [0, 0.1) is 0 Å². The minimum Gasteiger partial charge on any atom is -0.332 e. The summed E-state index contributed by atoms with van der Waals surface area (Å²) in [7, 11) is -3.78. The number of sulfonamides is 1. The smallest absolute Gasteiger partial charge is 0.313 e. The third-order valence-electron chi connectivity index (χ3n) is 3.74. The predicted octanol–water partition coefficient (Wildman–Crippen LogP) is -0.563. The average molecular weight is 340 g/mol.